The Morgan fingerprint density at radius 1 is 1.53 bits per heavy atom. The van der Waals surface area contributed by atoms with Gasteiger partial charge in [0.25, 0.3) is 0 Å². The van der Waals surface area contributed by atoms with Gasteiger partial charge < -0.3 is 9.47 Å². The van der Waals surface area contributed by atoms with Crippen LogP contribution >= 0.6 is 0 Å². The van der Waals surface area contributed by atoms with Crippen molar-refractivity contribution in [1.29, 1.82) is 0 Å². The maximum absolute atomic E-state index is 12.2. The number of fused-ring (bicyclic) bond motifs is 1. The van der Waals surface area contributed by atoms with Crippen LogP contribution in [-0.2, 0) is 11.3 Å². The molecule has 82 valence electrons. The van der Waals surface area contributed by atoms with Crippen molar-refractivity contribution in [3.8, 4) is 0 Å². The number of hydrogen-bond donors (Lipinski definition) is 0. The van der Waals surface area contributed by atoms with E-state index in [0.29, 0.717) is 0 Å². The SMILES string of the molecule is CCN(CC)C(=O)C1CCn2cccc21. The van der Waals surface area contributed by atoms with Crippen LogP contribution in [0.15, 0.2) is 18.3 Å². The van der Waals surface area contributed by atoms with Crippen molar-refractivity contribution >= 4 is 5.91 Å². The van der Waals surface area contributed by atoms with Gasteiger partial charge in [-0.1, -0.05) is 0 Å². The minimum Gasteiger partial charge on any atom is -0.351 e. The van der Waals surface area contributed by atoms with Crippen LogP contribution in [0.2, 0.25) is 0 Å². The second kappa shape index (κ2) is 4.09. The topological polar surface area (TPSA) is 25.2 Å². The van der Waals surface area contributed by atoms with Gasteiger partial charge in [-0.15, -0.1) is 0 Å². The number of likely N-dealkylation sites (N-methyl/N-ethyl adjacent to an activating group) is 1. The number of hydrogen-bond acceptors (Lipinski definition) is 1. The lowest BCUT2D eigenvalue weighted by Crippen LogP contribution is -2.34. The first kappa shape index (κ1) is 10.3. The summed E-state index contributed by atoms with van der Waals surface area (Å²) in [6.45, 7) is 6.68. The normalized spacial score (nSPS) is 18.9. The molecule has 0 N–H and O–H groups in total. The lowest BCUT2D eigenvalue weighted by atomic mass is 10.0. The summed E-state index contributed by atoms with van der Waals surface area (Å²) in [5.74, 6) is 0.386. The fourth-order valence-electron chi connectivity index (χ4n) is 2.37. The van der Waals surface area contributed by atoms with Gasteiger partial charge in [-0.25, -0.2) is 0 Å². The molecule has 0 aliphatic carbocycles. The summed E-state index contributed by atoms with van der Waals surface area (Å²) in [6, 6.07) is 4.09. The van der Waals surface area contributed by atoms with Gasteiger partial charge in [0.15, 0.2) is 0 Å². The van der Waals surface area contributed by atoms with E-state index in [2.05, 4.69) is 16.8 Å². The fraction of sp³-hybridized carbons (Fsp3) is 0.583. The summed E-state index contributed by atoms with van der Waals surface area (Å²) in [7, 11) is 0. The minimum absolute atomic E-state index is 0.0971. The average molecular weight is 206 g/mol. The molecule has 0 radical (unpaired) electrons. The number of aryl methyl sites for hydroxylation is 1. The van der Waals surface area contributed by atoms with Crippen molar-refractivity contribution in [3.05, 3.63) is 24.0 Å². The van der Waals surface area contributed by atoms with E-state index in [0.717, 1.165) is 26.1 Å². The van der Waals surface area contributed by atoms with Crippen molar-refractivity contribution in [2.45, 2.75) is 32.7 Å². The van der Waals surface area contributed by atoms with Crippen molar-refractivity contribution in [2.24, 2.45) is 0 Å². The molecule has 1 aliphatic heterocycles. The van der Waals surface area contributed by atoms with Gasteiger partial charge in [-0.05, 0) is 32.4 Å². The summed E-state index contributed by atoms with van der Waals surface area (Å²) < 4.78 is 2.19. The van der Waals surface area contributed by atoms with Crippen LogP contribution in [0.5, 0.6) is 0 Å². The van der Waals surface area contributed by atoms with Crippen molar-refractivity contribution in [3.63, 3.8) is 0 Å². The molecule has 2 heterocycles. The lowest BCUT2D eigenvalue weighted by Gasteiger charge is -2.22. The maximum atomic E-state index is 12.2. The van der Waals surface area contributed by atoms with Gasteiger partial charge in [0.1, 0.15) is 0 Å². The third kappa shape index (κ3) is 1.66. The van der Waals surface area contributed by atoms with Crippen molar-refractivity contribution < 1.29 is 4.79 Å². The van der Waals surface area contributed by atoms with E-state index in [-0.39, 0.29) is 11.8 Å². The van der Waals surface area contributed by atoms with Crippen molar-refractivity contribution in [1.82, 2.24) is 9.47 Å². The molecule has 0 bridgehead atoms. The molecule has 3 nitrogen and oxygen atoms in total. The second-order valence-electron chi connectivity index (χ2n) is 3.98. The van der Waals surface area contributed by atoms with E-state index >= 15 is 0 Å². The molecule has 1 amide bonds. The average Bonchev–Trinajstić information content (AvgIpc) is 2.79. The van der Waals surface area contributed by atoms with Gasteiger partial charge in [-0.3, -0.25) is 4.79 Å². The molecular formula is C12H18N2O. The Labute approximate surface area is 90.7 Å². The summed E-state index contributed by atoms with van der Waals surface area (Å²) in [5.41, 5.74) is 1.19. The first-order valence-corrected chi connectivity index (χ1v) is 5.71. The molecule has 1 aliphatic rings. The molecule has 0 saturated carbocycles. The van der Waals surface area contributed by atoms with E-state index in [1.165, 1.54) is 5.69 Å². The van der Waals surface area contributed by atoms with Crippen LogP contribution in [0.25, 0.3) is 0 Å². The maximum Gasteiger partial charge on any atom is 0.231 e. The molecule has 0 spiro atoms. The molecule has 15 heavy (non-hydrogen) atoms. The molecule has 1 aromatic rings. The molecule has 2 rings (SSSR count). The zero-order valence-corrected chi connectivity index (χ0v) is 9.44. The predicted octanol–water partition coefficient (Wildman–Crippen LogP) is 1.84. The number of rotatable bonds is 3. The number of carbonyl (C=O) groups excluding carboxylic acids is 1. The van der Waals surface area contributed by atoms with Gasteiger partial charge in [-0.2, -0.15) is 0 Å². The summed E-state index contributed by atoms with van der Waals surface area (Å²) in [5, 5.41) is 0. The van der Waals surface area contributed by atoms with Gasteiger partial charge >= 0.3 is 0 Å². The highest BCUT2D eigenvalue weighted by atomic mass is 16.2. The van der Waals surface area contributed by atoms with Gasteiger partial charge in [0, 0.05) is 31.5 Å². The molecule has 3 heteroatoms. The quantitative estimate of drug-likeness (QED) is 0.741. The molecule has 0 saturated heterocycles. The van der Waals surface area contributed by atoms with E-state index < -0.39 is 0 Å². The van der Waals surface area contributed by atoms with Crippen LogP contribution in [0.3, 0.4) is 0 Å². The zero-order valence-electron chi connectivity index (χ0n) is 9.44. The molecule has 1 unspecified atom stereocenters. The fourth-order valence-corrected chi connectivity index (χ4v) is 2.37. The highest BCUT2D eigenvalue weighted by molar-refractivity contribution is 5.83. The minimum atomic E-state index is 0.0971. The second-order valence-corrected chi connectivity index (χ2v) is 3.98. The molecule has 0 fully saturated rings. The highest BCUT2D eigenvalue weighted by Gasteiger charge is 2.30. The Kier molecular flexibility index (Phi) is 2.80. The van der Waals surface area contributed by atoms with E-state index in [1.807, 2.05) is 24.8 Å². The Morgan fingerprint density at radius 3 is 2.93 bits per heavy atom. The number of aromatic nitrogens is 1. The third-order valence-electron chi connectivity index (χ3n) is 3.25. The summed E-state index contributed by atoms with van der Waals surface area (Å²) in [4.78, 5) is 14.1. The Balaban J connectivity index is 2.16. The standard InChI is InChI=1S/C12H18N2O/c1-3-13(4-2)12(15)10-7-9-14-8-5-6-11(10)14/h5-6,8,10H,3-4,7,9H2,1-2H3. The third-order valence-corrected chi connectivity index (χ3v) is 3.25. The van der Waals surface area contributed by atoms with E-state index in [4.69, 9.17) is 0 Å². The lowest BCUT2D eigenvalue weighted by molar-refractivity contribution is -0.132. The number of nitrogens with zero attached hydrogens (tertiary/aromatic N) is 2. The summed E-state index contributed by atoms with van der Waals surface area (Å²) >= 11 is 0. The molecular weight excluding hydrogens is 188 g/mol. The Hall–Kier alpha value is -1.25. The first-order valence-electron chi connectivity index (χ1n) is 5.71. The molecule has 0 aromatic carbocycles. The predicted molar refractivity (Wildman–Crippen MR) is 59.7 cm³/mol. The van der Waals surface area contributed by atoms with Gasteiger partial charge in [0.2, 0.25) is 5.91 Å². The van der Waals surface area contributed by atoms with Crippen LogP contribution in [0, 0.1) is 0 Å². The van der Waals surface area contributed by atoms with Crippen molar-refractivity contribution in [2.75, 3.05) is 13.1 Å². The zero-order chi connectivity index (χ0) is 10.8. The molecule has 1 aromatic heterocycles. The van der Waals surface area contributed by atoms with Crippen LogP contribution in [0.1, 0.15) is 31.9 Å². The largest absolute Gasteiger partial charge is 0.351 e. The van der Waals surface area contributed by atoms with Crippen LogP contribution in [-0.4, -0.2) is 28.5 Å². The van der Waals surface area contributed by atoms with E-state index in [1.54, 1.807) is 0 Å². The Morgan fingerprint density at radius 2 is 2.27 bits per heavy atom. The molecule has 1 atom stereocenters. The number of carbonyl (C=O) groups is 1. The monoisotopic (exact) mass is 206 g/mol. The number of amides is 1. The first-order chi connectivity index (χ1) is 7.27. The van der Waals surface area contributed by atoms with E-state index in [9.17, 15) is 4.79 Å². The van der Waals surface area contributed by atoms with Crippen LogP contribution in [0.4, 0.5) is 0 Å². The highest BCUT2D eigenvalue weighted by Crippen LogP contribution is 2.29. The van der Waals surface area contributed by atoms with Crippen LogP contribution < -0.4 is 0 Å². The summed E-state index contributed by atoms with van der Waals surface area (Å²) in [6.07, 6.45) is 3.02. The smallest absolute Gasteiger partial charge is 0.231 e. The van der Waals surface area contributed by atoms with Gasteiger partial charge in [0.05, 0.1) is 5.92 Å². The Bertz CT molecular complexity index is 352.